The molecule has 0 saturated carbocycles. The third kappa shape index (κ3) is 2.88. The highest BCUT2D eigenvalue weighted by atomic mass is 16.7. The van der Waals surface area contributed by atoms with Gasteiger partial charge in [0.05, 0.1) is 19.0 Å². The molecule has 7 nitrogen and oxygen atoms in total. The van der Waals surface area contributed by atoms with Crippen molar-refractivity contribution in [3.05, 3.63) is 48.2 Å². The maximum atomic E-state index is 9.68. The van der Waals surface area contributed by atoms with Crippen LogP contribution in [0.25, 0.3) is 11.3 Å². The molecule has 4 rings (SSSR count). The Bertz CT molecular complexity index is 952. The Morgan fingerprint density at radius 1 is 1.19 bits per heavy atom. The van der Waals surface area contributed by atoms with Gasteiger partial charge in [-0.25, -0.2) is 4.98 Å². The van der Waals surface area contributed by atoms with E-state index in [0.717, 1.165) is 34.3 Å². The Morgan fingerprint density at radius 2 is 2.04 bits per heavy atom. The van der Waals surface area contributed by atoms with E-state index in [1.54, 1.807) is 12.1 Å². The predicted molar refractivity (Wildman–Crippen MR) is 96.8 cm³/mol. The second-order valence-corrected chi connectivity index (χ2v) is 5.95. The molecule has 1 aromatic heterocycles. The molecule has 0 aliphatic carbocycles. The number of benzene rings is 2. The fourth-order valence-electron chi connectivity index (χ4n) is 2.91. The van der Waals surface area contributed by atoms with Crippen molar-refractivity contribution in [3.8, 4) is 34.3 Å². The van der Waals surface area contributed by atoms with Gasteiger partial charge in [0.25, 0.3) is 0 Å². The van der Waals surface area contributed by atoms with Crippen LogP contribution in [0.5, 0.6) is 23.0 Å². The molecule has 1 aliphatic heterocycles. The van der Waals surface area contributed by atoms with Crippen LogP contribution >= 0.6 is 0 Å². The van der Waals surface area contributed by atoms with Crippen molar-refractivity contribution in [2.24, 2.45) is 7.05 Å². The normalized spacial score (nSPS) is 12.2. The van der Waals surface area contributed by atoms with Gasteiger partial charge in [-0.3, -0.25) is 0 Å². The second kappa shape index (κ2) is 6.51. The van der Waals surface area contributed by atoms with Crippen molar-refractivity contribution >= 4 is 5.95 Å². The molecule has 1 aliphatic rings. The van der Waals surface area contributed by atoms with Gasteiger partial charge in [-0.15, -0.1) is 0 Å². The number of aromatic nitrogens is 2. The van der Waals surface area contributed by atoms with E-state index in [0.29, 0.717) is 12.3 Å². The molecule has 0 saturated heterocycles. The summed E-state index contributed by atoms with van der Waals surface area (Å²) in [6, 6.07) is 11.1. The zero-order valence-corrected chi connectivity index (χ0v) is 14.5. The fraction of sp³-hybridized carbons (Fsp3) is 0.211. The lowest BCUT2D eigenvalue weighted by atomic mass is 10.1. The maximum absolute atomic E-state index is 9.68. The van der Waals surface area contributed by atoms with Crippen LogP contribution in [0.4, 0.5) is 5.95 Å². The molecular formula is C19H19N3O4. The van der Waals surface area contributed by atoms with Gasteiger partial charge in [0.15, 0.2) is 23.0 Å². The van der Waals surface area contributed by atoms with Gasteiger partial charge in [-0.05, 0) is 35.9 Å². The van der Waals surface area contributed by atoms with E-state index >= 15 is 0 Å². The van der Waals surface area contributed by atoms with Crippen molar-refractivity contribution in [1.82, 2.24) is 9.55 Å². The zero-order valence-electron chi connectivity index (χ0n) is 14.5. The van der Waals surface area contributed by atoms with Crippen LogP contribution in [0.2, 0.25) is 0 Å². The van der Waals surface area contributed by atoms with Crippen LogP contribution in [0.1, 0.15) is 5.56 Å². The van der Waals surface area contributed by atoms with Crippen molar-refractivity contribution in [3.63, 3.8) is 0 Å². The molecule has 0 spiro atoms. The SMILES string of the molecule is COc1cc(CNc2ncc(-c3ccc4c(c3)OCO4)n2C)ccc1O. The molecule has 0 radical (unpaired) electrons. The molecular weight excluding hydrogens is 334 g/mol. The van der Waals surface area contributed by atoms with E-state index in [1.165, 1.54) is 7.11 Å². The van der Waals surface area contributed by atoms with Gasteiger partial charge in [-0.1, -0.05) is 6.07 Å². The van der Waals surface area contributed by atoms with Crippen LogP contribution in [0.15, 0.2) is 42.6 Å². The van der Waals surface area contributed by atoms with Crippen molar-refractivity contribution < 1.29 is 19.3 Å². The average Bonchev–Trinajstić information content (AvgIpc) is 3.27. The smallest absolute Gasteiger partial charge is 0.231 e. The summed E-state index contributed by atoms with van der Waals surface area (Å²) in [5.41, 5.74) is 2.95. The molecule has 0 atom stereocenters. The monoisotopic (exact) mass is 353 g/mol. The maximum Gasteiger partial charge on any atom is 0.231 e. The summed E-state index contributed by atoms with van der Waals surface area (Å²) in [6.07, 6.45) is 1.82. The van der Waals surface area contributed by atoms with E-state index in [2.05, 4.69) is 10.3 Å². The highest BCUT2D eigenvalue weighted by molar-refractivity contribution is 5.66. The van der Waals surface area contributed by atoms with E-state index in [4.69, 9.17) is 14.2 Å². The minimum absolute atomic E-state index is 0.123. The number of aromatic hydroxyl groups is 1. The van der Waals surface area contributed by atoms with E-state index in [-0.39, 0.29) is 12.5 Å². The number of hydrogen-bond donors (Lipinski definition) is 2. The Balaban J connectivity index is 1.52. The lowest BCUT2D eigenvalue weighted by molar-refractivity contribution is 0.174. The van der Waals surface area contributed by atoms with Gasteiger partial charge in [0, 0.05) is 19.2 Å². The largest absolute Gasteiger partial charge is 0.504 e. The third-order valence-corrected chi connectivity index (χ3v) is 4.35. The first-order chi connectivity index (χ1) is 12.7. The van der Waals surface area contributed by atoms with Gasteiger partial charge < -0.3 is 29.2 Å². The number of anilines is 1. The van der Waals surface area contributed by atoms with Gasteiger partial charge in [0.2, 0.25) is 12.7 Å². The number of imidazole rings is 1. The summed E-state index contributed by atoms with van der Waals surface area (Å²) in [5, 5.41) is 13.0. The minimum Gasteiger partial charge on any atom is -0.504 e. The average molecular weight is 353 g/mol. The van der Waals surface area contributed by atoms with E-state index in [9.17, 15) is 5.11 Å². The first-order valence-corrected chi connectivity index (χ1v) is 8.17. The number of ether oxygens (including phenoxy) is 3. The van der Waals surface area contributed by atoms with Crippen molar-refractivity contribution in [2.45, 2.75) is 6.54 Å². The van der Waals surface area contributed by atoms with Crippen LogP contribution in [0.3, 0.4) is 0 Å². The van der Waals surface area contributed by atoms with Crippen LogP contribution < -0.4 is 19.5 Å². The molecule has 0 bridgehead atoms. The van der Waals surface area contributed by atoms with Crippen molar-refractivity contribution in [2.75, 3.05) is 19.2 Å². The molecule has 7 heteroatoms. The molecule has 2 aromatic carbocycles. The third-order valence-electron chi connectivity index (χ3n) is 4.35. The van der Waals surface area contributed by atoms with Gasteiger partial charge in [0.1, 0.15) is 0 Å². The predicted octanol–water partition coefficient (Wildman–Crippen LogP) is 3.14. The molecule has 2 heterocycles. The summed E-state index contributed by atoms with van der Waals surface area (Å²) in [7, 11) is 3.48. The minimum atomic E-state index is 0.123. The number of methoxy groups -OCH3 is 1. The first kappa shape index (κ1) is 16.1. The molecule has 0 amide bonds. The molecule has 26 heavy (non-hydrogen) atoms. The van der Waals surface area contributed by atoms with E-state index in [1.807, 2.05) is 42.1 Å². The van der Waals surface area contributed by atoms with Gasteiger partial charge >= 0.3 is 0 Å². The van der Waals surface area contributed by atoms with Crippen molar-refractivity contribution in [1.29, 1.82) is 0 Å². The standard InChI is InChI=1S/C19H19N3O4/c1-22-14(13-4-6-16-18(8-13)26-11-25-16)10-21-19(22)20-9-12-3-5-15(23)17(7-12)24-2/h3-8,10,23H,9,11H2,1-2H3,(H,20,21). The number of hydrogen-bond acceptors (Lipinski definition) is 6. The highest BCUT2D eigenvalue weighted by Crippen LogP contribution is 2.36. The summed E-state index contributed by atoms with van der Waals surface area (Å²) in [6.45, 7) is 0.815. The fourth-order valence-corrected chi connectivity index (χ4v) is 2.91. The number of nitrogens with one attached hydrogen (secondary N) is 1. The topological polar surface area (TPSA) is 77.8 Å². The zero-order chi connectivity index (χ0) is 18.1. The Hall–Kier alpha value is -3.35. The summed E-state index contributed by atoms with van der Waals surface area (Å²) < 4.78 is 17.9. The van der Waals surface area contributed by atoms with E-state index < -0.39 is 0 Å². The molecule has 0 fully saturated rings. The van der Waals surface area contributed by atoms with Crippen LogP contribution in [0, 0.1) is 0 Å². The molecule has 0 unspecified atom stereocenters. The quantitative estimate of drug-likeness (QED) is 0.734. The number of fused-ring (bicyclic) bond motifs is 1. The Labute approximate surface area is 150 Å². The number of phenolic OH excluding ortho intramolecular Hbond substituents is 1. The highest BCUT2D eigenvalue weighted by Gasteiger charge is 2.16. The molecule has 2 N–H and O–H groups in total. The van der Waals surface area contributed by atoms with Crippen LogP contribution in [-0.4, -0.2) is 28.6 Å². The lowest BCUT2D eigenvalue weighted by Crippen LogP contribution is -2.05. The summed E-state index contributed by atoms with van der Waals surface area (Å²) in [5.74, 6) is 2.82. The molecule has 134 valence electrons. The Kier molecular flexibility index (Phi) is 4.04. The summed E-state index contributed by atoms with van der Waals surface area (Å²) in [4.78, 5) is 4.46. The number of phenols is 1. The lowest BCUT2D eigenvalue weighted by Gasteiger charge is -2.10. The Morgan fingerprint density at radius 3 is 2.88 bits per heavy atom. The molecule has 3 aromatic rings. The summed E-state index contributed by atoms with van der Waals surface area (Å²) >= 11 is 0. The number of nitrogens with zero attached hydrogens (tertiary/aromatic N) is 2. The van der Waals surface area contributed by atoms with Gasteiger partial charge in [-0.2, -0.15) is 0 Å². The number of rotatable bonds is 5. The first-order valence-electron chi connectivity index (χ1n) is 8.17. The second-order valence-electron chi connectivity index (χ2n) is 5.95. The van der Waals surface area contributed by atoms with Crippen LogP contribution in [-0.2, 0) is 13.6 Å².